The summed E-state index contributed by atoms with van der Waals surface area (Å²) in [5, 5.41) is 5.73. The molecule has 0 heterocycles. The van der Waals surface area contributed by atoms with Crippen LogP contribution in [-0.2, 0) is 9.59 Å². The van der Waals surface area contributed by atoms with Gasteiger partial charge in [-0.3, -0.25) is 14.5 Å². The third-order valence-corrected chi connectivity index (χ3v) is 4.28. The Bertz CT molecular complexity index is 801. The van der Waals surface area contributed by atoms with E-state index >= 15 is 0 Å². The van der Waals surface area contributed by atoms with Gasteiger partial charge in [0.2, 0.25) is 11.8 Å². The molecule has 162 valence electrons. The van der Waals surface area contributed by atoms with Crippen LogP contribution in [0, 0.1) is 0 Å². The van der Waals surface area contributed by atoms with Gasteiger partial charge in [0, 0.05) is 6.54 Å². The zero-order valence-electron chi connectivity index (χ0n) is 17.1. The van der Waals surface area contributed by atoms with Crippen molar-refractivity contribution < 1.29 is 23.1 Å². The van der Waals surface area contributed by atoms with Crippen LogP contribution in [0.25, 0.3) is 0 Å². The second-order valence-electron chi connectivity index (χ2n) is 6.88. The van der Waals surface area contributed by atoms with E-state index in [4.69, 9.17) is 0 Å². The highest BCUT2D eigenvalue weighted by Gasteiger charge is 2.19. The van der Waals surface area contributed by atoms with Crippen molar-refractivity contribution in [2.45, 2.75) is 26.0 Å². The summed E-state index contributed by atoms with van der Waals surface area (Å²) in [6.07, 6.45) is 0.843. The Kier molecular flexibility index (Phi) is 9.21. The molecular formula is C22H27F2N3O3. The lowest BCUT2D eigenvalue weighted by Crippen LogP contribution is -2.42. The summed E-state index contributed by atoms with van der Waals surface area (Å²) in [4.78, 5) is 26.1. The number of likely N-dealkylation sites (N-methyl/N-ethyl adjacent to an activating group) is 1. The first-order chi connectivity index (χ1) is 14.4. The minimum Gasteiger partial charge on any atom is -0.435 e. The molecule has 2 rings (SSSR count). The molecule has 0 unspecified atom stereocenters. The quantitative estimate of drug-likeness (QED) is 0.588. The third kappa shape index (κ3) is 7.79. The van der Waals surface area contributed by atoms with Crippen molar-refractivity contribution in [3.63, 3.8) is 0 Å². The summed E-state index contributed by atoms with van der Waals surface area (Å²) in [6.45, 7) is -0.183. The number of halogens is 2. The van der Waals surface area contributed by atoms with E-state index in [2.05, 4.69) is 15.4 Å². The van der Waals surface area contributed by atoms with Gasteiger partial charge in [-0.15, -0.1) is 0 Å². The number of hydrogen-bond donors (Lipinski definition) is 2. The largest absolute Gasteiger partial charge is 0.435 e. The maximum Gasteiger partial charge on any atom is 0.387 e. The Hall–Kier alpha value is -3.00. The second kappa shape index (κ2) is 11.9. The fourth-order valence-electron chi connectivity index (χ4n) is 2.92. The molecule has 0 spiro atoms. The van der Waals surface area contributed by atoms with Crippen molar-refractivity contribution in [1.82, 2.24) is 15.5 Å². The second-order valence-corrected chi connectivity index (χ2v) is 6.88. The van der Waals surface area contributed by atoms with Crippen LogP contribution in [0.3, 0.4) is 0 Å². The van der Waals surface area contributed by atoms with E-state index in [9.17, 15) is 18.4 Å². The molecule has 0 saturated carbocycles. The van der Waals surface area contributed by atoms with Crippen LogP contribution in [0.5, 0.6) is 5.75 Å². The molecule has 2 aromatic rings. The molecule has 30 heavy (non-hydrogen) atoms. The Morgan fingerprint density at radius 3 is 2.17 bits per heavy atom. The number of nitrogens with one attached hydrogen (secondary N) is 2. The lowest BCUT2D eigenvalue weighted by Gasteiger charge is -2.22. The minimum atomic E-state index is -2.90. The first kappa shape index (κ1) is 23.3. The Labute approximate surface area is 175 Å². The molecule has 0 aliphatic rings. The van der Waals surface area contributed by atoms with Gasteiger partial charge in [0.1, 0.15) is 5.75 Å². The van der Waals surface area contributed by atoms with Crippen LogP contribution in [-0.4, -0.2) is 50.0 Å². The van der Waals surface area contributed by atoms with Crippen LogP contribution < -0.4 is 15.4 Å². The molecule has 0 fully saturated rings. The number of alkyl halides is 2. The zero-order valence-corrected chi connectivity index (χ0v) is 17.1. The van der Waals surface area contributed by atoms with Gasteiger partial charge in [-0.1, -0.05) is 49.4 Å². The number of amides is 2. The summed E-state index contributed by atoms with van der Waals surface area (Å²) in [5.74, 6) is -0.353. The summed E-state index contributed by atoms with van der Waals surface area (Å²) in [7, 11) is 1.69. The van der Waals surface area contributed by atoms with Crippen molar-refractivity contribution in [3.05, 3.63) is 65.7 Å². The van der Waals surface area contributed by atoms with Crippen molar-refractivity contribution in [1.29, 1.82) is 0 Å². The van der Waals surface area contributed by atoms with Crippen molar-refractivity contribution in [2.24, 2.45) is 0 Å². The zero-order chi connectivity index (χ0) is 21.9. The van der Waals surface area contributed by atoms with Gasteiger partial charge in [-0.2, -0.15) is 8.78 Å². The topological polar surface area (TPSA) is 70.7 Å². The average molecular weight is 419 g/mol. The SMILES string of the molecule is CCCNC(=O)CN(C)CC(=O)N[C@@H](c1ccccc1)c1ccc(OC(F)F)cc1. The summed E-state index contributed by atoms with van der Waals surface area (Å²) in [6, 6.07) is 15.0. The molecule has 0 saturated heterocycles. The van der Waals surface area contributed by atoms with Crippen molar-refractivity contribution in [2.75, 3.05) is 26.7 Å². The molecular weight excluding hydrogens is 392 g/mol. The molecule has 2 amide bonds. The highest BCUT2D eigenvalue weighted by Crippen LogP contribution is 2.24. The van der Waals surface area contributed by atoms with Gasteiger partial charge in [0.05, 0.1) is 19.1 Å². The van der Waals surface area contributed by atoms with Crippen LogP contribution in [0.1, 0.15) is 30.5 Å². The van der Waals surface area contributed by atoms with E-state index in [0.717, 1.165) is 17.5 Å². The maximum atomic E-state index is 12.6. The molecule has 2 aromatic carbocycles. The summed E-state index contributed by atoms with van der Waals surface area (Å²) >= 11 is 0. The Morgan fingerprint density at radius 2 is 1.57 bits per heavy atom. The maximum absolute atomic E-state index is 12.6. The molecule has 0 radical (unpaired) electrons. The first-order valence-corrected chi connectivity index (χ1v) is 9.73. The highest BCUT2D eigenvalue weighted by molar-refractivity contribution is 5.81. The normalized spacial score (nSPS) is 11.9. The van der Waals surface area contributed by atoms with Crippen molar-refractivity contribution in [3.8, 4) is 5.75 Å². The summed E-state index contributed by atoms with van der Waals surface area (Å²) < 4.78 is 29.2. The number of ether oxygens (including phenoxy) is 1. The van der Waals surface area contributed by atoms with Gasteiger partial charge in [-0.05, 0) is 36.7 Å². The van der Waals surface area contributed by atoms with Crippen molar-refractivity contribution >= 4 is 11.8 Å². The first-order valence-electron chi connectivity index (χ1n) is 9.73. The van der Waals surface area contributed by atoms with E-state index in [1.54, 1.807) is 24.1 Å². The molecule has 6 nitrogen and oxygen atoms in total. The van der Waals surface area contributed by atoms with Gasteiger partial charge < -0.3 is 15.4 Å². The number of hydrogen-bond acceptors (Lipinski definition) is 4. The number of nitrogens with zero attached hydrogens (tertiary/aromatic N) is 1. The standard InChI is InChI=1S/C22H27F2N3O3/c1-3-13-25-19(28)14-27(2)15-20(29)26-21(16-7-5-4-6-8-16)17-9-11-18(12-10-17)30-22(23)24/h4-12,21-22H,3,13-15H2,1-2H3,(H,25,28)(H,26,29)/t21-/m0/s1. The molecule has 2 N–H and O–H groups in total. The third-order valence-electron chi connectivity index (χ3n) is 4.28. The lowest BCUT2D eigenvalue weighted by atomic mass is 9.98. The Morgan fingerprint density at radius 1 is 0.967 bits per heavy atom. The smallest absolute Gasteiger partial charge is 0.387 e. The molecule has 0 aliphatic carbocycles. The number of benzene rings is 2. The molecule has 0 aromatic heterocycles. The fraction of sp³-hybridized carbons (Fsp3) is 0.364. The van der Waals surface area contributed by atoms with Gasteiger partial charge in [-0.25, -0.2) is 0 Å². The predicted octanol–water partition coefficient (Wildman–Crippen LogP) is 2.95. The summed E-state index contributed by atoms with van der Waals surface area (Å²) in [5.41, 5.74) is 1.57. The molecule has 0 aliphatic heterocycles. The van der Waals surface area contributed by atoms with Crippen LogP contribution in [0.4, 0.5) is 8.78 Å². The Balaban J connectivity index is 2.07. The molecule has 8 heteroatoms. The molecule has 0 bridgehead atoms. The average Bonchev–Trinajstić information content (AvgIpc) is 2.71. The number of carbonyl (C=O) groups is 2. The van der Waals surface area contributed by atoms with E-state index in [1.807, 2.05) is 37.3 Å². The van der Waals surface area contributed by atoms with Crippen LogP contribution >= 0.6 is 0 Å². The van der Waals surface area contributed by atoms with E-state index in [-0.39, 0.29) is 30.7 Å². The lowest BCUT2D eigenvalue weighted by molar-refractivity contribution is -0.124. The highest BCUT2D eigenvalue weighted by atomic mass is 19.3. The van der Waals surface area contributed by atoms with E-state index in [0.29, 0.717) is 6.54 Å². The van der Waals surface area contributed by atoms with Crippen LogP contribution in [0.15, 0.2) is 54.6 Å². The van der Waals surface area contributed by atoms with Crippen LogP contribution in [0.2, 0.25) is 0 Å². The number of rotatable bonds is 11. The van der Waals surface area contributed by atoms with E-state index < -0.39 is 12.7 Å². The van der Waals surface area contributed by atoms with E-state index in [1.165, 1.54) is 12.1 Å². The van der Waals surface area contributed by atoms with Gasteiger partial charge in [0.25, 0.3) is 0 Å². The molecule has 1 atom stereocenters. The monoisotopic (exact) mass is 419 g/mol. The fourth-order valence-corrected chi connectivity index (χ4v) is 2.92. The number of carbonyl (C=O) groups excluding carboxylic acids is 2. The predicted molar refractivity (Wildman–Crippen MR) is 110 cm³/mol. The van der Waals surface area contributed by atoms with Gasteiger partial charge in [0.15, 0.2) is 0 Å². The van der Waals surface area contributed by atoms with Gasteiger partial charge >= 0.3 is 6.61 Å². The minimum absolute atomic E-state index is 0.0372.